The second kappa shape index (κ2) is 9.18. The topological polar surface area (TPSA) is 93.4 Å². The lowest BCUT2D eigenvalue weighted by atomic mass is 9.97. The number of anilines is 1. The molecule has 0 saturated carbocycles. The number of nitrogens with zero attached hydrogens (tertiary/aromatic N) is 5. The fourth-order valence-electron chi connectivity index (χ4n) is 3.32. The highest BCUT2D eigenvalue weighted by atomic mass is 19.3. The first kappa shape index (κ1) is 21.5. The van der Waals surface area contributed by atoms with Gasteiger partial charge in [0.05, 0.1) is 18.8 Å². The summed E-state index contributed by atoms with van der Waals surface area (Å²) in [6.07, 6.45) is 3.66. The van der Waals surface area contributed by atoms with Gasteiger partial charge in [-0.2, -0.15) is 18.9 Å². The van der Waals surface area contributed by atoms with Crippen molar-refractivity contribution in [2.75, 3.05) is 18.0 Å². The maximum atomic E-state index is 13.1. The monoisotopic (exact) mass is 445 g/mol. The lowest BCUT2D eigenvalue weighted by Gasteiger charge is -2.31. The summed E-state index contributed by atoms with van der Waals surface area (Å²) < 4.78 is 42.8. The number of pyridine rings is 1. The maximum absolute atomic E-state index is 13.1. The molecule has 8 nitrogen and oxygen atoms in total. The average Bonchev–Trinajstić information content (AvgIpc) is 2.77. The third-order valence-electron chi connectivity index (χ3n) is 4.87. The minimum Gasteiger partial charge on any atom is -0.417 e. The summed E-state index contributed by atoms with van der Waals surface area (Å²) in [7, 11) is 0. The highest BCUT2D eigenvalue weighted by Crippen LogP contribution is 2.25. The van der Waals surface area contributed by atoms with Gasteiger partial charge in [0, 0.05) is 25.4 Å². The minimum atomic E-state index is -2.97. The number of ether oxygens (including phenoxy) is 1. The normalized spacial score (nSPS) is 16.2. The number of halogens is 3. The van der Waals surface area contributed by atoms with E-state index in [0.29, 0.717) is 23.5 Å². The molecular formula is C21H18F3N5O3. The number of benzene rings is 1. The standard InChI is InChI=1S/C21H18F3N5O3/c22-15-4-2-14(3-5-15)16-7-8-28(12-17(16)30)18-10-26-29(21(31)27-18)11-13-1-6-19(25-9-13)32-20(23)24/h1-7,9-10,17,20,30H,8,11-12H2/t17-/m0/s1. The van der Waals surface area contributed by atoms with Crippen molar-refractivity contribution in [3.05, 3.63) is 82.3 Å². The lowest BCUT2D eigenvalue weighted by molar-refractivity contribution is -0.0528. The van der Waals surface area contributed by atoms with Gasteiger partial charge < -0.3 is 14.7 Å². The molecule has 4 rings (SSSR count). The van der Waals surface area contributed by atoms with Crippen LogP contribution in [0.3, 0.4) is 0 Å². The van der Waals surface area contributed by atoms with Gasteiger partial charge in [-0.15, -0.1) is 0 Å². The zero-order valence-electron chi connectivity index (χ0n) is 16.6. The molecule has 0 amide bonds. The smallest absolute Gasteiger partial charge is 0.388 e. The predicted molar refractivity (Wildman–Crippen MR) is 109 cm³/mol. The van der Waals surface area contributed by atoms with Crippen LogP contribution in [0, 0.1) is 5.82 Å². The van der Waals surface area contributed by atoms with Crippen LogP contribution < -0.4 is 15.3 Å². The van der Waals surface area contributed by atoms with Gasteiger partial charge in [0.25, 0.3) is 0 Å². The number of β-amino-alcohol motifs (C(OH)–C–C–N with tert-alkyl or cyclic N) is 1. The molecule has 0 unspecified atom stereocenters. The molecule has 0 radical (unpaired) electrons. The summed E-state index contributed by atoms with van der Waals surface area (Å²) in [6.45, 7) is -2.34. The molecule has 0 saturated heterocycles. The summed E-state index contributed by atoms with van der Waals surface area (Å²) in [4.78, 5) is 21.9. The summed E-state index contributed by atoms with van der Waals surface area (Å²) >= 11 is 0. The van der Waals surface area contributed by atoms with Gasteiger partial charge in [-0.25, -0.2) is 18.9 Å². The van der Waals surface area contributed by atoms with Gasteiger partial charge in [-0.1, -0.05) is 24.3 Å². The zero-order chi connectivity index (χ0) is 22.7. The van der Waals surface area contributed by atoms with Gasteiger partial charge in [0.15, 0.2) is 5.82 Å². The number of aliphatic hydroxyl groups excluding tert-OH is 1. The van der Waals surface area contributed by atoms with E-state index in [9.17, 15) is 23.1 Å². The first-order valence-corrected chi connectivity index (χ1v) is 9.62. The Morgan fingerprint density at radius 1 is 1.16 bits per heavy atom. The largest absolute Gasteiger partial charge is 0.417 e. The highest BCUT2D eigenvalue weighted by Gasteiger charge is 2.23. The van der Waals surface area contributed by atoms with Crippen LogP contribution in [0.4, 0.5) is 19.0 Å². The van der Waals surface area contributed by atoms with Crippen LogP contribution in [0.1, 0.15) is 11.1 Å². The van der Waals surface area contributed by atoms with Crippen LogP contribution in [0.15, 0.2) is 59.7 Å². The molecule has 11 heteroatoms. The maximum Gasteiger partial charge on any atom is 0.388 e. The Kier molecular flexibility index (Phi) is 6.17. The van der Waals surface area contributed by atoms with E-state index in [0.717, 1.165) is 10.2 Å². The molecule has 2 aromatic heterocycles. The number of hydrogen-bond acceptors (Lipinski definition) is 7. The average molecular weight is 445 g/mol. The van der Waals surface area contributed by atoms with E-state index in [1.165, 1.54) is 36.7 Å². The van der Waals surface area contributed by atoms with E-state index >= 15 is 0 Å². The molecule has 1 N–H and O–H groups in total. The molecule has 0 aliphatic carbocycles. The van der Waals surface area contributed by atoms with Crippen LogP contribution in [0.2, 0.25) is 0 Å². The van der Waals surface area contributed by atoms with Gasteiger partial charge in [-0.05, 0) is 28.8 Å². The van der Waals surface area contributed by atoms with Crippen molar-refractivity contribution in [1.29, 1.82) is 0 Å². The second-order valence-corrected chi connectivity index (χ2v) is 7.03. The Morgan fingerprint density at radius 3 is 2.56 bits per heavy atom. The Labute approximate surface area is 180 Å². The van der Waals surface area contributed by atoms with E-state index in [1.54, 1.807) is 23.1 Å². The molecule has 3 heterocycles. The number of aliphatic hydroxyl groups is 1. The Hall–Kier alpha value is -3.73. The molecule has 32 heavy (non-hydrogen) atoms. The second-order valence-electron chi connectivity index (χ2n) is 7.03. The Morgan fingerprint density at radius 2 is 1.94 bits per heavy atom. The van der Waals surface area contributed by atoms with Gasteiger partial charge >= 0.3 is 12.3 Å². The number of hydrogen-bond donors (Lipinski definition) is 1. The van der Waals surface area contributed by atoms with E-state index in [2.05, 4.69) is 19.8 Å². The Bertz CT molecular complexity index is 1170. The molecule has 1 aromatic carbocycles. The molecule has 0 spiro atoms. The summed E-state index contributed by atoms with van der Waals surface area (Å²) in [5, 5.41) is 14.6. The first-order chi connectivity index (χ1) is 15.4. The number of rotatable bonds is 6. The third kappa shape index (κ3) is 4.94. The van der Waals surface area contributed by atoms with Crippen molar-refractivity contribution < 1.29 is 23.0 Å². The van der Waals surface area contributed by atoms with Crippen molar-refractivity contribution in [3.8, 4) is 5.88 Å². The fourth-order valence-corrected chi connectivity index (χ4v) is 3.32. The van der Waals surface area contributed by atoms with E-state index in [4.69, 9.17) is 0 Å². The van der Waals surface area contributed by atoms with Crippen LogP contribution in [0.25, 0.3) is 5.57 Å². The summed E-state index contributed by atoms with van der Waals surface area (Å²) in [6, 6.07) is 8.62. The van der Waals surface area contributed by atoms with Crippen LogP contribution in [-0.2, 0) is 6.54 Å². The van der Waals surface area contributed by atoms with Gasteiger partial charge in [0.2, 0.25) is 5.88 Å². The summed E-state index contributed by atoms with van der Waals surface area (Å²) in [5.74, 6) is -0.280. The van der Waals surface area contributed by atoms with Gasteiger partial charge in [-0.3, -0.25) is 0 Å². The number of aromatic nitrogens is 4. The predicted octanol–water partition coefficient (Wildman–Crippen LogP) is 2.09. The molecular weight excluding hydrogens is 427 g/mol. The SMILES string of the molecule is O=c1nc(N2CC=C(c3ccc(F)cc3)[C@@H](O)C2)cnn1Cc1ccc(OC(F)F)nc1. The van der Waals surface area contributed by atoms with Crippen molar-refractivity contribution >= 4 is 11.4 Å². The van der Waals surface area contributed by atoms with E-state index in [1.807, 2.05) is 0 Å². The molecule has 3 aromatic rings. The van der Waals surface area contributed by atoms with Crippen LogP contribution in [0.5, 0.6) is 5.88 Å². The quantitative estimate of drug-likeness (QED) is 0.621. The number of alkyl halides is 2. The Balaban J connectivity index is 1.45. The molecule has 0 fully saturated rings. The van der Waals surface area contributed by atoms with Gasteiger partial charge in [0.1, 0.15) is 5.82 Å². The molecule has 166 valence electrons. The van der Waals surface area contributed by atoms with Crippen molar-refractivity contribution in [1.82, 2.24) is 19.7 Å². The molecule has 1 aliphatic heterocycles. The molecule has 0 bridgehead atoms. The fraction of sp³-hybridized carbons (Fsp3) is 0.238. The van der Waals surface area contributed by atoms with Crippen molar-refractivity contribution in [3.63, 3.8) is 0 Å². The first-order valence-electron chi connectivity index (χ1n) is 9.62. The highest BCUT2D eigenvalue weighted by molar-refractivity contribution is 5.71. The third-order valence-corrected chi connectivity index (χ3v) is 4.87. The minimum absolute atomic E-state index is 0.0469. The van der Waals surface area contributed by atoms with Crippen molar-refractivity contribution in [2.24, 2.45) is 0 Å². The molecule has 1 aliphatic rings. The molecule has 1 atom stereocenters. The van der Waals surface area contributed by atoms with E-state index < -0.39 is 18.4 Å². The van der Waals surface area contributed by atoms with E-state index in [-0.39, 0.29) is 24.8 Å². The van der Waals surface area contributed by atoms with Crippen LogP contribution >= 0.6 is 0 Å². The lowest BCUT2D eigenvalue weighted by Crippen LogP contribution is -2.39. The summed E-state index contributed by atoms with van der Waals surface area (Å²) in [5.41, 5.74) is 1.34. The van der Waals surface area contributed by atoms with Crippen molar-refractivity contribution in [2.45, 2.75) is 19.3 Å². The zero-order valence-corrected chi connectivity index (χ0v) is 16.6. The van der Waals surface area contributed by atoms with Crippen LogP contribution in [-0.4, -0.2) is 50.7 Å².